The maximum atomic E-state index is 4.34. The van der Waals surface area contributed by atoms with E-state index in [0.717, 1.165) is 38.3 Å². The lowest BCUT2D eigenvalue weighted by molar-refractivity contribution is 0.467. The summed E-state index contributed by atoms with van der Waals surface area (Å²) in [6.45, 7) is 7.97. The number of unbranched alkanes of at least 4 members (excludes halogenated alkanes) is 1. The van der Waals surface area contributed by atoms with E-state index in [0.29, 0.717) is 5.92 Å². The molecule has 0 heterocycles. The van der Waals surface area contributed by atoms with Crippen molar-refractivity contribution in [3.05, 3.63) is 48.6 Å². The normalized spacial score (nSPS) is 12.2. The van der Waals surface area contributed by atoms with Crippen LogP contribution < -0.4 is 5.32 Å². The molecule has 4 heteroatoms. The molecular formula is C18H30IN3. The number of hydrogen-bond donors (Lipinski definition) is 1. The van der Waals surface area contributed by atoms with E-state index < -0.39 is 0 Å². The summed E-state index contributed by atoms with van der Waals surface area (Å²) in [5.41, 5.74) is 1.40. The molecule has 0 bridgehead atoms. The first kappa shape index (κ1) is 21.0. The van der Waals surface area contributed by atoms with E-state index in [1.807, 2.05) is 13.1 Å². The van der Waals surface area contributed by atoms with Crippen LogP contribution in [0.15, 0.2) is 48.0 Å². The average molecular weight is 415 g/mol. The van der Waals surface area contributed by atoms with Gasteiger partial charge in [-0.15, -0.1) is 30.6 Å². The van der Waals surface area contributed by atoms with Gasteiger partial charge in [-0.1, -0.05) is 43.3 Å². The van der Waals surface area contributed by atoms with Gasteiger partial charge in [0.25, 0.3) is 0 Å². The molecule has 0 spiro atoms. The Morgan fingerprint density at radius 3 is 2.64 bits per heavy atom. The predicted octanol–water partition coefficient (Wildman–Crippen LogP) is 4.27. The molecule has 0 fully saturated rings. The summed E-state index contributed by atoms with van der Waals surface area (Å²) in [4.78, 5) is 6.52. The summed E-state index contributed by atoms with van der Waals surface area (Å²) in [5.74, 6) is 1.53. The third kappa shape index (κ3) is 7.82. The second-order valence-corrected chi connectivity index (χ2v) is 5.43. The first-order chi connectivity index (χ1) is 10.2. The number of halogens is 1. The van der Waals surface area contributed by atoms with Gasteiger partial charge in [0.05, 0.1) is 0 Å². The summed E-state index contributed by atoms with van der Waals surface area (Å²) >= 11 is 0. The van der Waals surface area contributed by atoms with Crippen LogP contribution in [-0.4, -0.2) is 38.0 Å². The Hall–Kier alpha value is -1.04. The lowest BCUT2D eigenvalue weighted by atomic mass is 9.98. The zero-order chi connectivity index (χ0) is 15.5. The Bertz CT molecular complexity index is 431. The van der Waals surface area contributed by atoms with Crippen molar-refractivity contribution >= 4 is 29.9 Å². The molecule has 1 aromatic rings. The Morgan fingerprint density at radius 2 is 2.05 bits per heavy atom. The van der Waals surface area contributed by atoms with Crippen LogP contribution >= 0.6 is 24.0 Å². The molecule has 0 aromatic heterocycles. The van der Waals surface area contributed by atoms with Crippen LogP contribution in [0, 0.1) is 0 Å². The third-order valence-electron chi connectivity index (χ3n) is 3.70. The number of nitrogens with zero attached hydrogens (tertiary/aromatic N) is 2. The molecule has 0 aliphatic carbocycles. The van der Waals surface area contributed by atoms with E-state index in [1.165, 1.54) is 5.56 Å². The number of rotatable bonds is 8. The lowest BCUT2D eigenvalue weighted by Gasteiger charge is -2.22. The first-order valence-corrected chi connectivity index (χ1v) is 7.76. The number of allylic oxidation sites excluding steroid dienone is 1. The number of benzene rings is 1. The Balaban J connectivity index is 0.00000441. The third-order valence-corrected chi connectivity index (χ3v) is 3.70. The molecule has 0 aliphatic heterocycles. The highest BCUT2D eigenvalue weighted by molar-refractivity contribution is 14.0. The van der Waals surface area contributed by atoms with Gasteiger partial charge in [-0.25, -0.2) is 0 Å². The molecule has 22 heavy (non-hydrogen) atoms. The molecule has 1 atom stereocenters. The fourth-order valence-corrected chi connectivity index (χ4v) is 2.31. The molecule has 0 amide bonds. The van der Waals surface area contributed by atoms with Crippen LogP contribution in [-0.2, 0) is 0 Å². The van der Waals surface area contributed by atoms with Crippen LogP contribution in [0.25, 0.3) is 0 Å². The minimum absolute atomic E-state index is 0. The summed E-state index contributed by atoms with van der Waals surface area (Å²) in [7, 11) is 3.92. The van der Waals surface area contributed by atoms with Gasteiger partial charge < -0.3 is 10.2 Å². The van der Waals surface area contributed by atoms with Gasteiger partial charge in [0.15, 0.2) is 5.96 Å². The number of guanidine groups is 1. The van der Waals surface area contributed by atoms with Gasteiger partial charge in [0.1, 0.15) is 0 Å². The fraction of sp³-hybridized carbons (Fsp3) is 0.500. The van der Waals surface area contributed by atoms with E-state index in [1.54, 1.807) is 0 Å². The highest BCUT2D eigenvalue weighted by Crippen LogP contribution is 2.17. The molecule has 1 rings (SSSR count). The topological polar surface area (TPSA) is 27.6 Å². The van der Waals surface area contributed by atoms with Gasteiger partial charge in [-0.3, -0.25) is 4.99 Å². The van der Waals surface area contributed by atoms with E-state index in [-0.39, 0.29) is 24.0 Å². The van der Waals surface area contributed by atoms with Gasteiger partial charge in [-0.05, 0) is 30.7 Å². The molecule has 1 N–H and O–H groups in total. The molecule has 0 radical (unpaired) electrons. The largest absolute Gasteiger partial charge is 0.356 e. The smallest absolute Gasteiger partial charge is 0.193 e. The Labute approximate surface area is 152 Å². The van der Waals surface area contributed by atoms with Crippen molar-refractivity contribution in [2.45, 2.75) is 32.1 Å². The molecule has 3 nitrogen and oxygen atoms in total. The highest BCUT2D eigenvalue weighted by Gasteiger charge is 2.07. The monoisotopic (exact) mass is 415 g/mol. The molecule has 0 saturated carbocycles. The fourth-order valence-electron chi connectivity index (χ4n) is 2.31. The van der Waals surface area contributed by atoms with E-state index in [9.17, 15) is 0 Å². The second kappa shape index (κ2) is 12.5. The van der Waals surface area contributed by atoms with Gasteiger partial charge in [0, 0.05) is 27.2 Å². The molecule has 1 unspecified atom stereocenters. The predicted molar refractivity (Wildman–Crippen MR) is 108 cm³/mol. The summed E-state index contributed by atoms with van der Waals surface area (Å²) in [6.07, 6.45) is 5.22. The van der Waals surface area contributed by atoms with Gasteiger partial charge in [-0.2, -0.15) is 0 Å². The average Bonchev–Trinajstić information content (AvgIpc) is 2.52. The van der Waals surface area contributed by atoms with Crippen LogP contribution in [0.4, 0.5) is 0 Å². The zero-order valence-corrected chi connectivity index (χ0v) is 16.4. The van der Waals surface area contributed by atoms with Crippen molar-refractivity contribution < 1.29 is 0 Å². The SMILES string of the molecule is C=CCCCN(C)C(=NC)NCCC(C)c1ccccc1.I. The molecular weight excluding hydrogens is 385 g/mol. The quantitative estimate of drug-likeness (QED) is 0.226. The molecule has 0 saturated heterocycles. The minimum atomic E-state index is 0. The lowest BCUT2D eigenvalue weighted by Crippen LogP contribution is -2.40. The summed E-state index contributed by atoms with van der Waals surface area (Å²) in [6, 6.07) is 10.7. The van der Waals surface area contributed by atoms with E-state index in [2.05, 4.69) is 66.1 Å². The second-order valence-electron chi connectivity index (χ2n) is 5.43. The Morgan fingerprint density at radius 1 is 1.36 bits per heavy atom. The van der Waals surface area contributed by atoms with Crippen LogP contribution in [0.5, 0.6) is 0 Å². The Kier molecular flexibility index (Phi) is 11.9. The van der Waals surface area contributed by atoms with E-state index >= 15 is 0 Å². The van der Waals surface area contributed by atoms with Crippen LogP contribution in [0.2, 0.25) is 0 Å². The molecule has 124 valence electrons. The van der Waals surface area contributed by atoms with Crippen molar-refractivity contribution in [3.63, 3.8) is 0 Å². The first-order valence-electron chi connectivity index (χ1n) is 7.76. The minimum Gasteiger partial charge on any atom is -0.356 e. The van der Waals surface area contributed by atoms with Gasteiger partial charge >= 0.3 is 0 Å². The highest BCUT2D eigenvalue weighted by atomic mass is 127. The van der Waals surface area contributed by atoms with Crippen LogP contribution in [0.1, 0.15) is 37.7 Å². The van der Waals surface area contributed by atoms with Gasteiger partial charge in [0.2, 0.25) is 0 Å². The molecule has 0 aliphatic rings. The van der Waals surface area contributed by atoms with Crippen molar-refractivity contribution in [2.24, 2.45) is 4.99 Å². The number of nitrogens with one attached hydrogen (secondary N) is 1. The number of hydrogen-bond acceptors (Lipinski definition) is 1. The van der Waals surface area contributed by atoms with Crippen molar-refractivity contribution in [2.75, 3.05) is 27.2 Å². The van der Waals surface area contributed by atoms with Crippen molar-refractivity contribution in [3.8, 4) is 0 Å². The summed E-state index contributed by atoms with van der Waals surface area (Å²) < 4.78 is 0. The standard InChI is InChI=1S/C18H29N3.HI/c1-5-6-10-15-21(4)18(19-3)20-14-13-16(2)17-11-8-7-9-12-17;/h5,7-9,11-12,16H,1,6,10,13-15H2,2-4H3,(H,19,20);1H. The summed E-state index contributed by atoms with van der Waals surface area (Å²) in [5, 5.41) is 3.45. The van der Waals surface area contributed by atoms with Crippen LogP contribution in [0.3, 0.4) is 0 Å². The zero-order valence-electron chi connectivity index (χ0n) is 14.1. The number of aliphatic imine (C=N–C) groups is 1. The van der Waals surface area contributed by atoms with Crippen molar-refractivity contribution in [1.29, 1.82) is 0 Å². The molecule has 1 aromatic carbocycles. The maximum Gasteiger partial charge on any atom is 0.193 e. The van der Waals surface area contributed by atoms with Crippen molar-refractivity contribution in [1.82, 2.24) is 10.2 Å². The van der Waals surface area contributed by atoms with E-state index in [4.69, 9.17) is 0 Å². The maximum absolute atomic E-state index is 4.34.